The van der Waals surface area contributed by atoms with Gasteiger partial charge in [0.1, 0.15) is 6.17 Å². The van der Waals surface area contributed by atoms with Crippen LogP contribution >= 0.6 is 11.6 Å². The molecular formula is C12H15ClFN. The van der Waals surface area contributed by atoms with Gasteiger partial charge in [-0.05, 0) is 37.1 Å². The quantitative estimate of drug-likeness (QED) is 0.817. The maximum absolute atomic E-state index is 14.1. The van der Waals surface area contributed by atoms with Gasteiger partial charge in [-0.25, -0.2) is 4.39 Å². The first-order chi connectivity index (χ1) is 7.27. The lowest BCUT2D eigenvalue weighted by Gasteiger charge is -2.26. The fraction of sp³-hybridized carbons (Fsp3) is 0.500. The van der Waals surface area contributed by atoms with Crippen LogP contribution in [-0.4, -0.2) is 13.1 Å². The third-order valence-corrected chi connectivity index (χ3v) is 3.15. The first kappa shape index (κ1) is 10.9. The number of piperidine rings is 1. The second-order valence-electron chi connectivity index (χ2n) is 4.06. The predicted molar refractivity (Wildman–Crippen MR) is 60.9 cm³/mol. The highest BCUT2D eigenvalue weighted by molar-refractivity contribution is 6.30. The topological polar surface area (TPSA) is 12.0 Å². The molecule has 0 bridgehead atoms. The molecule has 2 unspecified atom stereocenters. The number of rotatable bonds is 2. The molecular weight excluding hydrogens is 213 g/mol. The van der Waals surface area contributed by atoms with E-state index in [1.54, 1.807) is 18.2 Å². The molecule has 2 atom stereocenters. The minimum atomic E-state index is -0.892. The lowest BCUT2D eigenvalue weighted by atomic mass is 9.90. The number of nitrogens with one attached hydrogen (secondary N) is 1. The molecule has 1 nitrogen and oxygen atoms in total. The lowest BCUT2D eigenvalue weighted by Crippen LogP contribution is -2.32. The van der Waals surface area contributed by atoms with Crippen LogP contribution in [0.4, 0.5) is 4.39 Å². The molecule has 0 saturated carbocycles. The molecule has 1 aromatic carbocycles. The average Bonchev–Trinajstić information content (AvgIpc) is 2.29. The molecule has 1 aliphatic heterocycles. The molecule has 3 heteroatoms. The smallest absolute Gasteiger partial charge is 0.129 e. The molecule has 1 saturated heterocycles. The number of benzene rings is 1. The van der Waals surface area contributed by atoms with E-state index in [0.29, 0.717) is 10.6 Å². The van der Waals surface area contributed by atoms with Crippen molar-refractivity contribution in [1.82, 2.24) is 5.32 Å². The van der Waals surface area contributed by atoms with Gasteiger partial charge in [0.2, 0.25) is 0 Å². The van der Waals surface area contributed by atoms with Crippen molar-refractivity contribution in [1.29, 1.82) is 0 Å². The van der Waals surface area contributed by atoms with E-state index in [1.165, 1.54) is 0 Å². The van der Waals surface area contributed by atoms with Crippen molar-refractivity contribution in [3.8, 4) is 0 Å². The van der Waals surface area contributed by atoms with Gasteiger partial charge < -0.3 is 5.32 Å². The lowest BCUT2D eigenvalue weighted by molar-refractivity contribution is 0.194. The van der Waals surface area contributed by atoms with Gasteiger partial charge in [-0.3, -0.25) is 0 Å². The van der Waals surface area contributed by atoms with Crippen LogP contribution in [0.25, 0.3) is 0 Å². The van der Waals surface area contributed by atoms with Gasteiger partial charge in [0.25, 0.3) is 0 Å². The maximum Gasteiger partial charge on any atom is 0.129 e. The highest BCUT2D eigenvalue weighted by atomic mass is 35.5. The zero-order chi connectivity index (χ0) is 10.7. The summed E-state index contributed by atoms with van der Waals surface area (Å²) in [7, 11) is 0. The van der Waals surface area contributed by atoms with Gasteiger partial charge >= 0.3 is 0 Å². The van der Waals surface area contributed by atoms with Crippen molar-refractivity contribution < 1.29 is 4.39 Å². The van der Waals surface area contributed by atoms with E-state index in [9.17, 15) is 4.39 Å². The van der Waals surface area contributed by atoms with Gasteiger partial charge in [0, 0.05) is 17.5 Å². The third-order valence-electron chi connectivity index (χ3n) is 2.92. The first-order valence-electron chi connectivity index (χ1n) is 5.37. The molecule has 1 aromatic rings. The van der Waals surface area contributed by atoms with E-state index in [-0.39, 0.29) is 5.92 Å². The minimum absolute atomic E-state index is 0.0946. The first-order valence-corrected chi connectivity index (χ1v) is 5.75. The number of alkyl halides is 1. The van der Waals surface area contributed by atoms with Crippen LogP contribution in [-0.2, 0) is 0 Å². The third kappa shape index (κ3) is 2.70. The zero-order valence-corrected chi connectivity index (χ0v) is 9.30. The van der Waals surface area contributed by atoms with Crippen LogP contribution in [0, 0.1) is 5.92 Å². The summed E-state index contributed by atoms with van der Waals surface area (Å²) in [5.41, 5.74) is 0.705. The molecule has 82 valence electrons. The summed E-state index contributed by atoms with van der Waals surface area (Å²) >= 11 is 5.85. The van der Waals surface area contributed by atoms with Gasteiger partial charge in [0.15, 0.2) is 0 Å². The fourth-order valence-electron chi connectivity index (χ4n) is 2.08. The van der Waals surface area contributed by atoms with Crippen LogP contribution in [0.1, 0.15) is 24.6 Å². The molecule has 0 aromatic heterocycles. The van der Waals surface area contributed by atoms with Gasteiger partial charge in [0.05, 0.1) is 0 Å². The second kappa shape index (κ2) is 4.95. The van der Waals surface area contributed by atoms with Crippen molar-refractivity contribution in [2.24, 2.45) is 5.92 Å². The van der Waals surface area contributed by atoms with E-state index in [0.717, 1.165) is 25.9 Å². The Kier molecular flexibility index (Phi) is 3.60. The Labute approximate surface area is 94.6 Å². The van der Waals surface area contributed by atoms with E-state index in [4.69, 9.17) is 11.6 Å². The van der Waals surface area contributed by atoms with E-state index in [2.05, 4.69) is 5.32 Å². The molecule has 1 N–H and O–H groups in total. The van der Waals surface area contributed by atoms with Crippen LogP contribution in [0.3, 0.4) is 0 Å². The molecule has 1 fully saturated rings. The van der Waals surface area contributed by atoms with Crippen LogP contribution in [0.2, 0.25) is 5.02 Å². The molecule has 0 radical (unpaired) electrons. The molecule has 2 rings (SSSR count). The molecule has 1 aliphatic rings. The second-order valence-corrected chi connectivity index (χ2v) is 4.50. The van der Waals surface area contributed by atoms with Gasteiger partial charge in [-0.1, -0.05) is 23.7 Å². The van der Waals surface area contributed by atoms with Crippen molar-refractivity contribution in [2.45, 2.75) is 19.0 Å². The number of hydrogen-bond donors (Lipinski definition) is 1. The molecule has 0 amide bonds. The van der Waals surface area contributed by atoms with E-state index >= 15 is 0 Å². The Morgan fingerprint density at radius 2 is 2.33 bits per heavy atom. The summed E-state index contributed by atoms with van der Waals surface area (Å²) in [5, 5.41) is 3.84. The Hall–Kier alpha value is -0.600. The van der Waals surface area contributed by atoms with Crippen molar-refractivity contribution in [2.75, 3.05) is 13.1 Å². The monoisotopic (exact) mass is 227 g/mol. The molecule has 1 heterocycles. The zero-order valence-electron chi connectivity index (χ0n) is 8.55. The highest BCUT2D eigenvalue weighted by Crippen LogP contribution is 2.31. The standard InChI is InChI=1S/C12H15ClFN/c13-11-5-1-3-9(7-11)12(14)10-4-2-6-15-8-10/h1,3,5,7,10,12,15H,2,4,6,8H2. The van der Waals surface area contributed by atoms with E-state index < -0.39 is 6.17 Å². The van der Waals surface area contributed by atoms with Crippen LogP contribution in [0.15, 0.2) is 24.3 Å². The largest absolute Gasteiger partial charge is 0.316 e. The molecule has 0 aliphatic carbocycles. The van der Waals surface area contributed by atoms with Crippen molar-refractivity contribution in [3.05, 3.63) is 34.9 Å². The predicted octanol–water partition coefficient (Wildman–Crippen LogP) is 3.35. The minimum Gasteiger partial charge on any atom is -0.316 e. The summed E-state index contributed by atoms with van der Waals surface area (Å²) in [6, 6.07) is 7.11. The van der Waals surface area contributed by atoms with Crippen LogP contribution < -0.4 is 5.32 Å². The fourth-order valence-corrected chi connectivity index (χ4v) is 2.28. The summed E-state index contributed by atoms with van der Waals surface area (Å²) in [5.74, 6) is 0.0946. The Morgan fingerprint density at radius 3 is 3.00 bits per heavy atom. The summed E-state index contributed by atoms with van der Waals surface area (Å²) in [6.07, 6.45) is 1.13. The van der Waals surface area contributed by atoms with Gasteiger partial charge in [-0.2, -0.15) is 0 Å². The average molecular weight is 228 g/mol. The Morgan fingerprint density at radius 1 is 1.47 bits per heavy atom. The van der Waals surface area contributed by atoms with Gasteiger partial charge in [-0.15, -0.1) is 0 Å². The van der Waals surface area contributed by atoms with Crippen molar-refractivity contribution in [3.63, 3.8) is 0 Å². The van der Waals surface area contributed by atoms with Crippen LogP contribution in [0.5, 0.6) is 0 Å². The molecule has 0 spiro atoms. The number of halogens is 2. The normalized spacial score (nSPS) is 23.7. The number of hydrogen-bond acceptors (Lipinski definition) is 1. The SMILES string of the molecule is FC(c1cccc(Cl)c1)C1CCCNC1. The summed E-state index contributed by atoms with van der Waals surface area (Å²) < 4.78 is 14.1. The van der Waals surface area contributed by atoms with Crippen molar-refractivity contribution >= 4 is 11.6 Å². The highest BCUT2D eigenvalue weighted by Gasteiger charge is 2.24. The Bertz CT molecular complexity index is 323. The summed E-state index contributed by atoms with van der Waals surface area (Å²) in [4.78, 5) is 0. The maximum atomic E-state index is 14.1. The van der Waals surface area contributed by atoms with E-state index in [1.807, 2.05) is 6.07 Å². The summed E-state index contributed by atoms with van der Waals surface area (Å²) in [6.45, 7) is 1.78. The Balaban J connectivity index is 2.08. The molecule has 15 heavy (non-hydrogen) atoms.